The Labute approximate surface area is 120 Å². The van der Waals surface area contributed by atoms with E-state index in [-0.39, 0.29) is 11.9 Å². The van der Waals surface area contributed by atoms with E-state index in [4.69, 9.17) is 10.2 Å². The summed E-state index contributed by atoms with van der Waals surface area (Å²) < 4.78 is 5.22. The highest BCUT2D eigenvalue weighted by Crippen LogP contribution is 2.23. The summed E-state index contributed by atoms with van der Waals surface area (Å²) in [5.74, 6) is 1.50. The van der Waals surface area contributed by atoms with Gasteiger partial charge >= 0.3 is 0 Å². The third-order valence-corrected chi connectivity index (χ3v) is 4.19. The molecule has 1 aromatic rings. The molecule has 1 fully saturated rings. The van der Waals surface area contributed by atoms with E-state index in [9.17, 15) is 4.79 Å². The van der Waals surface area contributed by atoms with Crippen LogP contribution in [0.25, 0.3) is 0 Å². The summed E-state index contributed by atoms with van der Waals surface area (Å²) >= 11 is 0. The maximum absolute atomic E-state index is 12.2. The van der Waals surface area contributed by atoms with Gasteiger partial charge in [0.05, 0.1) is 18.8 Å². The maximum Gasteiger partial charge on any atom is 0.237 e. The molecule has 2 heterocycles. The molecule has 1 saturated heterocycles. The number of carbonyl (C=O) groups is 1. The molecule has 0 bridgehead atoms. The number of furan rings is 1. The van der Waals surface area contributed by atoms with Crippen LogP contribution in [0.15, 0.2) is 22.8 Å². The predicted molar refractivity (Wildman–Crippen MR) is 78.0 cm³/mol. The van der Waals surface area contributed by atoms with E-state index < -0.39 is 0 Å². The molecule has 0 spiro atoms. The largest absolute Gasteiger partial charge is 0.467 e. The van der Waals surface area contributed by atoms with Crippen molar-refractivity contribution in [3.8, 4) is 0 Å². The van der Waals surface area contributed by atoms with Crippen molar-refractivity contribution in [2.75, 3.05) is 13.1 Å². The van der Waals surface area contributed by atoms with Crippen LogP contribution in [-0.2, 0) is 11.3 Å². The molecule has 0 saturated carbocycles. The first kappa shape index (κ1) is 15.1. The van der Waals surface area contributed by atoms with Crippen molar-refractivity contribution >= 4 is 5.91 Å². The Morgan fingerprint density at radius 2 is 2.45 bits per heavy atom. The van der Waals surface area contributed by atoms with Crippen LogP contribution in [0.2, 0.25) is 0 Å². The standard InChI is InChI=1S/C15H25N3O2/c1-11-5-6-18(13(8-11)9-16)12(2)15(19)17-10-14-4-3-7-20-14/h3-4,7,11-13H,5-6,8-10,16H2,1-2H3,(H,17,19). The topological polar surface area (TPSA) is 71.5 Å². The molecule has 3 unspecified atom stereocenters. The van der Waals surface area contributed by atoms with Gasteiger partial charge in [0, 0.05) is 12.6 Å². The number of hydrogen-bond acceptors (Lipinski definition) is 4. The Balaban J connectivity index is 1.88. The lowest BCUT2D eigenvalue weighted by atomic mass is 9.91. The number of rotatable bonds is 5. The second-order valence-corrected chi connectivity index (χ2v) is 5.73. The first-order valence-electron chi connectivity index (χ1n) is 7.37. The van der Waals surface area contributed by atoms with Crippen molar-refractivity contribution in [1.82, 2.24) is 10.2 Å². The molecular formula is C15H25N3O2. The molecule has 5 nitrogen and oxygen atoms in total. The molecule has 1 amide bonds. The Morgan fingerprint density at radius 1 is 1.65 bits per heavy atom. The van der Waals surface area contributed by atoms with E-state index in [1.807, 2.05) is 19.1 Å². The normalized spacial score (nSPS) is 25.4. The van der Waals surface area contributed by atoms with Crippen molar-refractivity contribution in [1.29, 1.82) is 0 Å². The van der Waals surface area contributed by atoms with Crippen LogP contribution in [0.4, 0.5) is 0 Å². The highest BCUT2D eigenvalue weighted by molar-refractivity contribution is 5.81. The average Bonchev–Trinajstić information content (AvgIpc) is 2.97. The summed E-state index contributed by atoms with van der Waals surface area (Å²) in [5.41, 5.74) is 5.86. The number of hydrogen-bond donors (Lipinski definition) is 2. The van der Waals surface area contributed by atoms with Crippen LogP contribution in [0.3, 0.4) is 0 Å². The van der Waals surface area contributed by atoms with E-state index in [1.165, 1.54) is 0 Å². The minimum absolute atomic E-state index is 0.0365. The zero-order valence-corrected chi connectivity index (χ0v) is 12.3. The number of nitrogens with zero attached hydrogens (tertiary/aromatic N) is 1. The SMILES string of the molecule is CC1CCN(C(C)C(=O)NCc2ccco2)C(CN)C1. The Bertz CT molecular complexity index is 419. The van der Waals surface area contributed by atoms with E-state index in [0.717, 1.165) is 25.1 Å². The van der Waals surface area contributed by atoms with Gasteiger partial charge in [-0.25, -0.2) is 0 Å². The van der Waals surface area contributed by atoms with Gasteiger partial charge in [-0.1, -0.05) is 6.92 Å². The predicted octanol–water partition coefficient (Wildman–Crippen LogP) is 1.34. The van der Waals surface area contributed by atoms with Gasteiger partial charge in [-0.05, 0) is 44.4 Å². The van der Waals surface area contributed by atoms with Crippen molar-refractivity contribution in [3.63, 3.8) is 0 Å². The summed E-state index contributed by atoms with van der Waals surface area (Å²) in [6, 6.07) is 3.84. The molecule has 1 aliphatic heterocycles. The van der Waals surface area contributed by atoms with E-state index in [2.05, 4.69) is 17.1 Å². The molecule has 3 atom stereocenters. The number of piperidine rings is 1. The van der Waals surface area contributed by atoms with Crippen molar-refractivity contribution < 1.29 is 9.21 Å². The third-order valence-electron chi connectivity index (χ3n) is 4.19. The third kappa shape index (κ3) is 3.61. The lowest BCUT2D eigenvalue weighted by Gasteiger charge is -2.40. The second-order valence-electron chi connectivity index (χ2n) is 5.73. The van der Waals surface area contributed by atoms with Crippen LogP contribution in [-0.4, -0.2) is 36.0 Å². The number of likely N-dealkylation sites (tertiary alicyclic amines) is 1. The highest BCUT2D eigenvalue weighted by atomic mass is 16.3. The smallest absolute Gasteiger partial charge is 0.237 e. The van der Waals surface area contributed by atoms with Gasteiger partial charge in [0.1, 0.15) is 5.76 Å². The molecular weight excluding hydrogens is 254 g/mol. The zero-order valence-electron chi connectivity index (χ0n) is 12.3. The molecule has 0 aromatic carbocycles. The summed E-state index contributed by atoms with van der Waals surface area (Å²) in [6.45, 7) is 6.20. The highest BCUT2D eigenvalue weighted by Gasteiger charge is 2.31. The monoisotopic (exact) mass is 279 g/mol. The van der Waals surface area contributed by atoms with Crippen LogP contribution in [0.5, 0.6) is 0 Å². The average molecular weight is 279 g/mol. The first-order chi connectivity index (χ1) is 9.61. The maximum atomic E-state index is 12.2. The van der Waals surface area contributed by atoms with Crippen LogP contribution in [0.1, 0.15) is 32.4 Å². The van der Waals surface area contributed by atoms with Gasteiger partial charge < -0.3 is 15.5 Å². The molecule has 0 aliphatic carbocycles. The van der Waals surface area contributed by atoms with Crippen LogP contribution < -0.4 is 11.1 Å². The molecule has 1 aromatic heterocycles. The molecule has 112 valence electrons. The Kier molecular flexibility index (Phi) is 5.20. The number of amides is 1. The molecule has 20 heavy (non-hydrogen) atoms. The fraction of sp³-hybridized carbons (Fsp3) is 0.667. The van der Waals surface area contributed by atoms with Crippen molar-refractivity contribution in [2.45, 2.75) is 45.3 Å². The molecule has 0 radical (unpaired) electrons. The lowest BCUT2D eigenvalue weighted by Crippen LogP contribution is -2.54. The Morgan fingerprint density at radius 3 is 3.10 bits per heavy atom. The fourth-order valence-corrected chi connectivity index (χ4v) is 2.90. The molecule has 2 rings (SSSR count). The van der Waals surface area contributed by atoms with Gasteiger partial charge in [-0.15, -0.1) is 0 Å². The van der Waals surface area contributed by atoms with Gasteiger partial charge in [0.15, 0.2) is 0 Å². The zero-order chi connectivity index (χ0) is 14.5. The molecule has 1 aliphatic rings. The minimum atomic E-state index is -0.147. The number of nitrogens with two attached hydrogens (primary N) is 1. The van der Waals surface area contributed by atoms with Crippen molar-refractivity contribution in [2.24, 2.45) is 11.7 Å². The summed E-state index contributed by atoms with van der Waals surface area (Å²) in [6.07, 6.45) is 3.82. The van der Waals surface area contributed by atoms with Crippen LogP contribution >= 0.6 is 0 Å². The van der Waals surface area contributed by atoms with Gasteiger partial charge in [-0.2, -0.15) is 0 Å². The van der Waals surface area contributed by atoms with Crippen molar-refractivity contribution in [3.05, 3.63) is 24.2 Å². The number of nitrogens with one attached hydrogen (secondary N) is 1. The summed E-state index contributed by atoms with van der Waals surface area (Å²) in [4.78, 5) is 14.5. The van der Waals surface area contributed by atoms with E-state index in [1.54, 1.807) is 6.26 Å². The van der Waals surface area contributed by atoms with Crippen LogP contribution in [0, 0.1) is 5.92 Å². The Hall–Kier alpha value is -1.33. The van der Waals surface area contributed by atoms with E-state index in [0.29, 0.717) is 25.0 Å². The minimum Gasteiger partial charge on any atom is -0.467 e. The first-order valence-corrected chi connectivity index (χ1v) is 7.37. The van der Waals surface area contributed by atoms with Gasteiger partial charge in [-0.3, -0.25) is 9.69 Å². The summed E-state index contributed by atoms with van der Waals surface area (Å²) in [5, 5.41) is 2.92. The van der Waals surface area contributed by atoms with E-state index >= 15 is 0 Å². The summed E-state index contributed by atoms with van der Waals surface area (Å²) in [7, 11) is 0. The molecule has 5 heteroatoms. The lowest BCUT2D eigenvalue weighted by molar-refractivity contribution is -0.127. The second kappa shape index (κ2) is 6.90. The quantitative estimate of drug-likeness (QED) is 0.853. The molecule has 3 N–H and O–H groups in total. The fourth-order valence-electron chi connectivity index (χ4n) is 2.90. The number of carbonyl (C=O) groups excluding carboxylic acids is 1. The van der Waals surface area contributed by atoms with Gasteiger partial charge in [0.2, 0.25) is 5.91 Å². The van der Waals surface area contributed by atoms with Gasteiger partial charge in [0.25, 0.3) is 0 Å².